The molecule has 0 saturated carbocycles. The maximum absolute atomic E-state index is 10.4. The van der Waals surface area contributed by atoms with Crippen LogP contribution < -0.4 is 4.90 Å². The Morgan fingerprint density at radius 2 is 2.22 bits per heavy atom. The third-order valence-electron chi connectivity index (χ3n) is 3.00. The van der Waals surface area contributed by atoms with Gasteiger partial charge in [0.05, 0.1) is 5.69 Å². The molecule has 98 valence electrons. The van der Waals surface area contributed by atoms with Gasteiger partial charge in [-0.3, -0.25) is 0 Å². The Morgan fingerprint density at radius 3 is 2.83 bits per heavy atom. The third-order valence-corrected chi connectivity index (χ3v) is 3.92. The number of aromatic nitrogens is 1. The van der Waals surface area contributed by atoms with Gasteiger partial charge >= 0.3 is 5.97 Å². The van der Waals surface area contributed by atoms with Gasteiger partial charge in [0.2, 0.25) is 0 Å². The number of hydrogen-bond donors (Lipinski definition) is 1. The van der Waals surface area contributed by atoms with E-state index in [1.54, 1.807) is 11.3 Å². The summed E-state index contributed by atoms with van der Waals surface area (Å²) in [5.41, 5.74) is 0.718. The first-order valence-corrected chi connectivity index (χ1v) is 6.91. The average Bonchev–Trinajstić information content (AvgIpc) is 2.85. The first-order chi connectivity index (χ1) is 8.69. The molecule has 0 aromatic carbocycles. The minimum Gasteiger partial charge on any atom is -0.478 e. The largest absolute Gasteiger partial charge is 0.478 e. The quantitative estimate of drug-likeness (QED) is 0.835. The van der Waals surface area contributed by atoms with Crippen molar-refractivity contribution >= 4 is 28.5 Å². The van der Waals surface area contributed by atoms with Crippen LogP contribution in [0.3, 0.4) is 0 Å². The molecule has 18 heavy (non-hydrogen) atoms. The van der Waals surface area contributed by atoms with Crippen molar-refractivity contribution in [2.45, 2.75) is 6.92 Å². The van der Waals surface area contributed by atoms with Crippen molar-refractivity contribution in [3.63, 3.8) is 0 Å². The second kappa shape index (κ2) is 5.97. The number of likely N-dealkylation sites (N-methyl/N-ethyl adjacent to an activating group) is 1. The molecular formula is C12H17N3O2S. The van der Waals surface area contributed by atoms with E-state index in [0.29, 0.717) is 0 Å². The molecule has 1 aromatic heterocycles. The van der Waals surface area contributed by atoms with Crippen molar-refractivity contribution in [2.75, 3.05) is 37.6 Å². The number of rotatable bonds is 4. The highest BCUT2D eigenvalue weighted by atomic mass is 32.1. The Kier molecular flexibility index (Phi) is 4.33. The zero-order chi connectivity index (χ0) is 13.0. The number of aliphatic carboxylic acids is 1. The molecule has 1 aromatic rings. The van der Waals surface area contributed by atoms with Crippen LogP contribution in [0.4, 0.5) is 5.13 Å². The summed E-state index contributed by atoms with van der Waals surface area (Å²) in [7, 11) is 0. The molecule has 0 atom stereocenters. The van der Waals surface area contributed by atoms with Crippen molar-refractivity contribution in [1.29, 1.82) is 0 Å². The lowest BCUT2D eigenvalue weighted by atomic mass is 10.3. The number of thiazole rings is 1. The van der Waals surface area contributed by atoms with Gasteiger partial charge in [-0.05, 0) is 12.6 Å². The van der Waals surface area contributed by atoms with Crippen LogP contribution in [-0.2, 0) is 4.79 Å². The molecule has 1 fully saturated rings. The van der Waals surface area contributed by atoms with Gasteiger partial charge in [0.15, 0.2) is 5.13 Å². The fourth-order valence-corrected chi connectivity index (χ4v) is 2.76. The molecule has 0 unspecified atom stereocenters. The Hall–Kier alpha value is -1.40. The van der Waals surface area contributed by atoms with E-state index in [1.807, 2.05) is 5.38 Å². The number of carbonyl (C=O) groups is 1. The molecule has 1 aliphatic rings. The fourth-order valence-electron chi connectivity index (χ4n) is 1.91. The standard InChI is InChI=1S/C12H17N3O2S/c1-2-14-5-7-15(8-6-14)12-13-10(9-18-12)3-4-11(16)17/h3-4,9H,2,5-8H2,1H3,(H,16,17)/b4-3+. The summed E-state index contributed by atoms with van der Waals surface area (Å²) in [5, 5.41) is 11.4. The van der Waals surface area contributed by atoms with E-state index in [2.05, 4.69) is 21.7 Å². The summed E-state index contributed by atoms with van der Waals surface area (Å²) in [6.45, 7) is 7.38. The van der Waals surface area contributed by atoms with Crippen LogP contribution >= 0.6 is 11.3 Å². The van der Waals surface area contributed by atoms with Crippen molar-refractivity contribution in [3.8, 4) is 0 Å². The highest BCUT2D eigenvalue weighted by Gasteiger charge is 2.17. The zero-order valence-electron chi connectivity index (χ0n) is 10.4. The molecule has 2 rings (SSSR count). The van der Waals surface area contributed by atoms with E-state index in [4.69, 9.17) is 5.11 Å². The first kappa shape index (κ1) is 13.0. The molecule has 0 bridgehead atoms. The topological polar surface area (TPSA) is 56.7 Å². The molecule has 0 aliphatic carbocycles. The smallest absolute Gasteiger partial charge is 0.328 e. The summed E-state index contributed by atoms with van der Waals surface area (Å²) in [6, 6.07) is 0. The van der Waals surface area contributed by atoms with Crippen molar-refractivity contribution in [2.24, 2.45) is 0 Å². The molecule has 2 heterocycles. The summed E-state index contributed by atoms with van der Waals surface area (Å²) in [4.78, 5) is 19.5. The summed E-state index contributed by atoms with van der Waals surface area (Å²) in [6.07, 6.45) is 2.65. The van der Waals surface area contributed by atoms with E-state index in [0.717, 1.165) is 49.6 Å². The van der Waals surface area contributed by atoms with Crippen LogP contribution in [0, 0.1) is 0 Å². The van der Waals surface area contributed by atoms with Crippen molar-refractivity contribution in [1.82, 2.24) is 9.88 Å². The lowest BCUT2D eigenvalue weighted by Gasteiger charge is -2.33. The van der Waals surface area contributed by atoms with E-state index >= 15 is 0 Å². The predicted molar refractivity (Wildman–Crippen MR) is 73.1 cm³/mol. The van der Waals surface area contributed by atoms with E-state index in [-0.39, 0.29) is 0 Å². The van der Waals surface area contributed by atoms with Gasteiger partial charge in [-0.2, -0.15) is 0 Å². The number of piperazine rings is 1. The number of carboxylic acids is 1. The SMILES string of the molecule is CCN1CCN(c2nc(/C=C/C(=O)O)cs2)CC1. The molecule has 0 amide bonds. The summed E-state index contributed by atoms with van der Waals surface area (Å²) < 4.78 is 0. The lowest BCUT2D eigenvalue weighted by Crippen LogP contribution is -2.46. The van der Waals surface area contributed by atoms with Crippen LogP contribution in [0.15, 0.2) is 11.5 Å². The van der Waals surface area contributed by atoms with Crippen molar-refractivity contribution in [3.05, 3.63) is 17.2 Å². The van der Waals surface area contributed by atoms with Gasteiger partial charge in [-0.25, -0.2) is 9.78 Å². The van der Waals surface area contributed by atoms with E-state index < -0.39 is 5.97 Å². The maximum atomic E-state index is 10.4. The Morgan fingerprint density at radius 1 is 1.50 bits per heavy atom. The zero-order valence-corrected chi connectivity index (χ0v) is 11.2. The van der Waals surface area contributed by atoms with Gasteiger partial charge in [0.25, 0.3) is 0 Å². The maximum Gasteiger partial charge on any atom is 0.328 e. The summed E-state index contributed by atoms with van der Waals surface area (Å²) >= 11 is 1.57. The average molecular weight is 267 g/mol. The molecule has 0 spiro atoms. The number of anilines is 1. The number of hydrogen-bond acceptors (Lipinski definition) is 5. The van der Waals surface area contributed by atoms with Gasteiger partial charge in [-0.15, -0.1) is 11.3 Å². The Labute approximate surface area is 110 Å². The predicted octanol–water partition coefficient (Wildman–Crippen LogP) is 1.38. The minimum absolute atomic E-state index is 0.718. The molecule has 1 N–H and O–H groups in total. The van der Waals surface area contributed by atoms with Crippen molar-refractivity contribution < 1.29 is 9.90 Å². The highest BCUT2D eigenvalue weighted by Crippen LogP contribution is 2.22. The van der Waals surface area contributed by atoms with Crippen LogP contribution in [0.25, 0.3) is 6.08 Å². The normalized spacial score (nSPS) is 17.5. The second-order valence-electron chi connectivity index (χ2n) is 4.15. The first-order valence-electron chi connectivity index (χ1n) is 6.03. The Balaban J connectivity index is 1.96. The molecular weight excluding hydrogens is 250 g/mol. The van der Waals surface area contributed by atoms with E-state index in [1.165, 1.54) is 6.08 Å². The number of carboxylic acid groups (broad SMARTS) is 1. The second-order valence-corrected chi connectivity index (χ2v) is 4.98. The number of nitrogens with zero attached hydrogens (tertiary/aromatic N) is 3. The fraction of sp³-hybridized carbons (Fsp3) is 0.500. The van der Waals surface area contributed by atoms with Crippen LogP contribution in [0.5, 0.6) is 0 Å². The van der Waals surface area contributed by atoms with Gasteiger partial charge in [0.1, 0.15) is 0 Å². The van der Waals surface area contributed by atoms with Gasteiger partial charge < -0.3 is 14.9 Å². The van der Waals surface area contributed by atoms with Crippen LogP contribution in [0.2, 0.25) is 0 Å². The van der Waals surface area contributed by atoms with Gasteiger partial charge in [-0.1, -0.05) is 6.92 Å². The molecule has 6 heteroatoms. The van der Waals surface area contributed by atoms with E-state index in [9.17, 15) is 4.79 Å². The highest BCUT2D eigenvalue weighted by molar-refractivity contribution is 7.13. The molecule has 0 radical (unpaired) electrons. The molecule has 5 nitrogen and oxygen atoms in total. The minimum atomic E-state index is -0.943. The molecule has 1 aliphatic heterocycles. The Bertz CT molecular complexity index is 436. The lowest BCUT2D eigenvalue weighted by molar-refractivity contribution is -0.131. The monoisotopic (exact) mass is 267 g/mol. The van der Waals surface area contributed by atoms with Crippen LogP contribution in [-0.4, -0.2) is 53.7 Å². The molecule has 1 saturated heterocycles. The van der Waals surface area contributed by atoms with Crippen LogP contribution in [0.1, 0.15) is 12.6 Å². The summed E-state index contributed by atoms with van der Waals surface area (Å²) in [5.74, 6) is -0.943. The van der Waals surface area contributed by atoms with Gasteiger partial charge in [0, 0.05) is 37.6 Å². The third kappa shape index (κ3) is 3.30.